The average molecular weight is 249 g/mol. The van der Waals surface area contributed by atoms with Crippen molar-refractivity contribution in [3.63, 3.8) is 0 Å². The third-order valence-electron chi connectivity index (χ3n) is 2.15. The molecule has 2 aromatic rings. The fourth-order valence-electron chi connectivity index (χ4n) is 1.43. The molecule has 0 aliphatic heterocycles. The number of aromatic nitrogens is 4. The quantitative estimate of drug-likeness (QED) is 0.823. The van der Waals surface area contributed by atoms with Crippen molar-refractivity contribution in [2.24, 2.45) is 0 Å². The highest BCUT2D eigenvalue weighted by Gasteiger charge is 2.03. The predicted octanol–water partition coefficient (Wildman–Crippen LogP) is 1.22. The van der Waals surface area contributed by atoms with Crippen LogP contribution >= 0.6 is 0 Å². The molecule has 7 nitrogen and oxygen atoms in total. The van der Waals surface area contributed by atoms with Gasteiger partial charge in [-0.15, -0.1) is 0 Å². The molecule has 0 saturated carbocycles. The molecule has 0 spiro atoms. The number of aryl methyl sites for hydroxylation is 1. The Kier molecular flexibility index (Phi) is 4.06. The molecule has 2 rings (SSSR count). The maximum absolute atomic E-state index is 5.35. The van der Waals surface area contributed by atoms with E-state index in [4.69, 9.17) is 9.26 Å². The van der Waals surface area contributed by atoms with Crippen LogP contribution in [0, 0.1) is 6.92 Å². The third-order valence-corrected chi connectivity index (χ3v) is 2.15. The Bertz CT molecular complexity index is 486. The summed E-state index contributed by atoms with van der Waals surface area (Å²) in [4.78, 5) is 12.4. The molecule has 0 radical (unpaired) electrons. The largest absolute Gasteiger partial charge is 0.478 e. The van der Waals surface area contributed by atoms with Crippen LogP contribution in [0.4, 0.5) is 5.95 Å². The van der Waals surface area contributed by atoms with Crippen molar-refractivity contribution < 1.29 is 9.26 Å². The van der Waals surface area contributed by atoms with Gasteiger partial charge in [-0.05, 0) is 13.8 Å². The van der Waals surface area contributed by atoms with Crippen molar-refractivity contribution in [2.75, 3.05) is 18.5 Å². The normalized spacial score (nSPS) is 10.3. The Labute approximate surface area is 105 Å². The second-order valence-electron chi connectivity index (χ2n) is 3.62. The lowest BCUT2D eigenvalue weighted by molar-refractivity contribution is 0.326. The molecule has 1 N–H and O–H groups in total. The number of nitrogens with one attached hydrogen (secondary N) is 1. The van der Waals surface area contributed by atoms with E-state index in [1.807, 2.05) is 13.8 Å². The lowest BCUT2D eigenvalue weighted by atomic mass is 10.4. The molecule has 0 unspecified atom stereocenters. The van der Waals surface area contributed by atoms with E-state index in [2.05, 4.69) is 25.4 Å². The van der Waals surface area contributed by atoms with Crippen molar-refractivity contribution in [1.82, 2.24) is 20.1 Å². The molecule has 2 heterocycles. The minimum atomic E-state index is 0.540. The van der Waals surface area contributed by atoms with Gasteiger partial charge in [0, 0.05) is 24.7 Å². The Morgan fingerprint density at radius 1 is 1.39 bits per heavy atom. The van der Waals surface area contributed by atoms with Gasteiger partial charge in [0.15, 0.2) is 6.33 Å². The molecule has 0 amide bonds. The molecular formula is C11H15N5O2. The average Bonchev–Trinajstić information content (AvgIpc) is 2.82. The molecule has 96 valence electrons. The summed E-state index contributed by atoms with van der Waals surface area (Å²) in [6.45, 7) is 5.02. The summed E-state index contributed by atoms with van der Waals surface area (Å²) >= 11 is 0. The van der Waals surface area contributed by atoms with E-state index in [9.17, 15) is 0 Å². The smallest absolute Gasteiger partial charge is 0.228 e. The van der Waals surface area contributed by atoms with Crippen LogP contribution in [0.1, 0.15) is 18.5 Å². The maximum Gasteiger partial charge on any atom is 0.228 e. The zero-order valence-electron chi connectivity index (χ0n) is 10.4. The van der Waals surface area contributed by atoms with Gasteiger partial charge in [0.1, 0.15) is 0 Å². The highest BCUT2D eigenvalue weighted by atomic mass is 16.5. The number of hydrogen-bond donors (Lipinski definition) is 1. The van der Waals surface area contributed by atoms with Gasteiger partial charge >= 0.3 is 0 Å². The van der Waals surface area contributed by atoms with Crippen LogP contribution in [0.5, 0.6) is 5.88 Å². The van der Waals surface area contributed by atoms with Crippen molar-refractivity contribution >= 4 is 5.95 Å². The Morgan fingerprint density at radius 3 is 3.00 bits per heavy atom. The molecule has 0 saturated heterocycles. The van der Waals surface area contributed by atoms with E-state index >= 15 is 0 Å². The van der Waals surface area contributed by atoms with Gasteiger partial charge < -0.3 is 14.6 Å². The van der Waals surface area contributed by atoms with Gasteiger partial charge in [-0.2, -0.15) is 9.97 Å². The lowest BCUT2D eigenvalue weighted by Crippen LogP contribution is -2.09. The second-order valence-corrected chi connectivity index (χ2v) is 3.62. The van der Waals surface area contributed by atoms with Gasteiger partial charge in [0.25, 0.3) is 0 Å². The molecule has 0 aliphatic carbocycles. The summed E-state index contributed by atoms with van der Waals surface area (Å²) in [5.41, 5.74) is 0.855. The standard InChI is InChI=1S/C11H15N5O2/c1-3-17-10-6-8(2)15-11(16-10)12-5-4-9-13-7-14-18-9/h6-7H,3-5H2,1-2H3,(H,12,15,16). The number of anilines is 1. The van der Waals surface area contributed by atoms with Gasteiger partial charge in [-0.25, -0.2) is 4.98 Å². The number of hydrogen-bond acceptors (Lipinski definition) is 7. The number of ether oxygens (including phenoxy) is 1. The van der Waals surface area contributed by atoms with Gasteiger partial charge in [-0.3, -0.25) is 0 Å². The highest BCUT2D eigenvalue weighted by molar-refractivity contribution is 5.30. The third kappa shape index (κ3) is 3.41. The molecule has 0 fully saturated rings. The van der Waals surface area contributed by atoms with Crippen molar-refractivity contribution in [2.45, 2.75) is 20.3 Å². The van der Waals surface area contributed by atoms with Crippen LogP contribution in [-0.2, 0) is 6.42 Å². The summed E-state index contributed by atoms with van der Waals surface area (Å²) in [6, 6.07) is 1.80. The fourth-order valence-corrected chi connectivity index (χ4v) is 1.43. The highest BCUT2D eigenvalue weighted by Crippen LogP contribution is 2.11. The molecule has 0 aliphatic rings. The molecule has 7 heteroatoms. The minimum absolute atomic E-state index is 0.540. The van der Waals surface area contributed by atoms with E-state index in [-0.39, 0.29) is 0 Å². The van der Waals surface area contributed by atoms with Gasteiger partial charge in [0.2, 0.25) is 17.7 Å². The summed E-state index contributed by atoms with van der Waals surface area (Å²) in [5, 5.41) is 6.63. The number of nitrogens with zero attached hydrogens (tertiary/aromatic N) is 4. The van der Waals surface area contributed by atoms with Crippen molar-refractivity contribution in [3.8, 4) is 5.88 Å². The van der Waals surface area contributed by atoms with Crippen LogP contribution in [-0.4, -0.2) is 33.3 Å². The summed E-state index contributed by atoms with van der Waals surface area (Å²) in [7, 11) is 0. The molecular weight excluding hydrogens is 234 g/mol. The Morgan fingerprint density at radius 2 is 2.28 bits per heavy atom. The van der Waals surface area contributed by atoms with E-state index < -0.39 is 0 Å². The van der Waals surface area contributed by atoms with Crippen molar-refractivity contribution in [1.29, 1.82) is 0 Å². The first kappa shape index (κ1) is 12.3. The first-order valence-corrected chi connectivity index (χ1v) is 5.76. The fraction of sp³-hybridized carbons (Fsp3) is 0.455. The molecule has 2 aromatic heterocycles. The molecule has 0 bridgehead atoms. The Hall–Kier alpha value is -2.18. The first-order chi connectivity index (χ1) is 8.78. The monoisotopic (exact) mass is 249 g/mol. The van der Waals surface area contributed by atoms with E-state index in [1.54, 1.807) is 6.07 Å². The molecule has 18 heavy (non-hydrogen) atoms. The summed E-state index contributed by atoms with van der Waals surface area (Å²) in [6.07, 6.45) is 2.01. The minimum Gasteiger partial charge on any atom is -0.478 e. The molecule has 0 atom stereocenters. The SMILES string of the molecule is CCOc1cc(C)nc(NCCc2ncno2)n1. The first-order valence-electron chi connectivity index (χ1n) is 5.76. The van der Waals surface area contributed by atoms with Crippen LogP contribution in [0.25, 0.3) is 0 Å². The number of rotatable bonds is 6. The topological polar surface area (TPSA) is 86.0 Å². The second kappa shape index (κ2) is 5.95. The van der Waals surface area contributed by atoms with E-state index in [0.717, 1.165) is 5.69 Å². The predicted molar refractivity (Wildman–Crippen MR) is 64.4 cm³/mol. The Balaban J connectivity index is 1.92. The summed E-state index contributed by atoms with van der Waals surface area (Å²) in [5.74, 6) is 1.70. The lowest BCUT2D eigenvalue weighted by Gasteiger charge is -2.07. The molecule has 0 aromatic carbocycles. The van der Waals surface area contributed by atoms with Gasteiger partial charge in [0.05, 0.1) is 6.61 Å². The van der Waals surface area contributed by atoms with Gasteiger partial charge in [-0.1, -0.05) is 5.16 Å². The van der Waals surface area contributed by atoms with Crippen LogP contribution in [0.2, 0.25) is 0 Å². The van der Waals surface area contributed by atoms with E-state index in [1.165, 1.54) is 6.33 Å². The van der Waals surface area contributed by atoms with Crippen LogP contribution in [0.15, 0.2) is 16.9 Å². The van der Waals surface area contributed by atoms with Crippen molar-refractivity contribution in [3.05, 3.63) is 24.0 Å². The van der Waals surface area contributed by atoms with E-state index in [0.29, 0.717) is 37.3 Å². The maximum atomic E-state index is 5.35. The zero-order chi connectivity index (χ0) is 12.8. The summed E-state index contributed by atoms with van der Waals surface area (Å²) < 4.78 is 10.2. The van der Waals surface area contributed by atoms with Crippen LogP contribution < -0.4 is 10.1 Å². The van der Waals surface area contributed by atoms with Crippen LogP contribution in [0.3, 0.4) is 0 Å². The zero-order valence-corrected chi connectivity index (χ0v) is 10.4.